The first kappa shape index (κ1) is 15.4. The quantitative estimate of drug-likeness (QED) is 0.783. The molecular weight excluding hydrogens is 312 g/mol. The molecule has 1 amide bonds. The first-order valence-electron chi connectivity index (χ1n) is 7.33. The van der Waals surface area contributed by atoms with Gasteiger partial charge in [-0.1, -0.05) is 23.7 Å². The fourth-order valence-corrected chi connectivity index (χ4v) is 2.69. The minimum atomic E-state index is -0.135. The summed E-state index contributed by atoms with van der Waals surface area (Å²) in [5.74, 6) is 0.610. The van der Waals surface area contributed by atoms with Gasteiger partial charge >= 0.3 is 0 Å². The van der Waals surface area contributed by atoms with E-state index in [0.717, 1.165) is 17.8 Å². The molecule has 5 nitrogen and oxygen atoms in total. The highest BCUT2D eigenvalue weighted by Gasteiger charge is 2.16. The number of carbonyl (C=O) groups excluding carboxylic acids is 1. The Balaban J connectivity index is 1.67. The maximum atomic E-state index is 12.4. The number of amides is 1. The van der Waals surface area contributed by atoms with Crippen molar-refractivity contribution in [2.24, 2.45) is 7.05 Å². The summed E-state index contributed by atoms with van der Waals surface area (Å²) in [7, 11) is 1.82. The summed E-state index contributed by atoms with van der Waals surface area (Å²) in [6, 6.07) is 11.5. The molecule has 0 aliphatic rings. The van der Waals surface area contributed by atoms with Gasteiger partial charge in [0, 0.05) is 31.0 Å². The number of aromatic nitrogens is 3. The van der Waals surface area contributed by atoms with Gasteiger partial charge in [0.1, 0.15) is 11.4 Å². The van der Waals surface area contributed by atoms with Crippen LogP contribution in [0.5, 0.6) is 0 Å². The highest BCUT2D eigenvalue weighted by Crippen LogP contribution is 2.14. The van der Waals surface area contributed by atoms with Crippen molar-refractivity contribution < 1.29 is 4.79 Å². The number of hydrogen-bond acceptors (Lipinski definition) is 2. The molecular formula is C17H17ClN4O. The van der Waals surface area contributed by atoms with Gasteiger partial charge in [-0.3, -0.25) is 9.48 Å². The third kappa shape index (κ3) is 3.46. The van der Waals surface area contributed by atoms with E-state index in [4.69, 9.17) is 11.6 Å². The maximum Gasteiger partial charge on any atom is 0.256 e. The van der Waals surface area contributed by atoms with Gasteiger partial charge in [-0.2, -0.15) is 5.10 Å². The third-order valence-corrected chi connectivity index (χ3v) is 3.82. The van der Waals surface area contributed by atoms with E-state index in [-0.39, 0.29) is 5.91 Å². The van der Waals surface area contributed by atoms with Crippen LogP contribution in [0.25, 0.3) is 5.82 Å². The topological polar surface area (TPSA) is 51.9 Å². The van der Waals surface area contributed by atoms with Crippen LogP contribution < -0.4 is 5.32 Å². The number of benzene rings is 1. The zero-order valence-corrected chi connectivity index (χ0v) is 13.5. The van der Waals surface area contributed by atoms with E-state index < -0.39 is 0 Å². The van der Waals surface area contributed by atoms with E-state index in [1.54, 1.807) is 10.9 Å². The van der Waals surface area contributed by atoms with Crippen molar-refractivity contribution in [1.29, 1.82) is 0 Å². The highest BCUT2D eigenvalue weighted by molar-refractivity contribution is 6.30. The summed E-state index contributed by atoms with van der Waals surface area (Å²) >= 11 is 5.96. The maximum absolute atomic E-state index is 12.4. The molecule has 0 atom stereocenters. The minimum absolute atomic E-state index is 0.135. The average molecular weight is 329 g/mol. The predicted octanol–water partition coefficient (Wildman–Crippen LogP) is 2.84. The Hall–Kier alpha value is -2.53. The second kappa shape index (κ2) is 6.71. The number of rotatable bonds is 5. The minimum Gasteiger partial charge on any atom is -0.352 e. The van der Waals surface area contributed by atoms with Crippen molar-refractivity contribution >= 4 is 17.5 Å². The van der Waals surface area contributed by atoms with Gasteiger partial charge in [0.05, 0.1) is 6.20 Å². The van der Waals surface area contributed by atoms with Crippen LogP contribution in [0.1, 0.15) is 15.9 Å². The van der Waals surface area contributed by atoms with E-state index in [2.05, 4.69) is 10.4 Å². The number of nitrogens with one attached hydrogen (secondary N) is 1. The van der Waals surface area contributed by atoms with Crippen molar-refractivity contribution in [1.82, 2.24) is 19.7 Å². The summed E-state index contributed by atoms with van der Waals surface area (Å²) in [5.41, 5.74) is 1.64. The first-order valence-corrected chi connectivity index (χ1v) is 7.71. The van der Waals surface area contributed by atoms with Crippen LogP contribution in [0.15, 0.2) is 55.0 Å². The molecule has 3 aromatic rings. The molecule has 0 bridgehead atoms. The van der Waals surface area contributed by atoms with E-state index in [1.165, 1.54) is 0 Å². The molecule has 0 unspecified atom stereocenters. The van der Waals surface area contributed by atoms with Crippen LogP contribution in [-0.4, -0.2) is 26.8 Å². The van der Waals surface area contributed by atoms with Crippen molar-refractivity contribution in [2.45, 2.75) is 6.42 Å². The molecule has 1 N–H and O–H groups in total. The monoisotopic (exact) mass is 328 g/mol. The van der Waals surface area contributed by atoms with Crippen molar-refractivity contribution in [3.63, 3.8) is 0 Å². The summed E-state index contributed by atoms with van der Waals surface area (Å²) in [5, 5.41) is 7.83. The first-order chi connectivity index (χ1) is 11.1. The SMILES string of the molecule is Cn1ncc(C(=O)NCCc2cccc(Cl)c2)c1-n1cccc1. The van der Waals surface area contributed by atoms with Crippen molar-refractivity contribution in [3.8, 4) is 5.82 Å². The lowest BCUT2D eigenvalue weighted by Gasteiger charge is -2.08. The third-order valence-electron chi connectivity index (χ3n) is 3.59. The van der Waals surface area contributed by atoms with Crippen LogP contribution in [0.4, 0.5) is 0 Å². The van der Waals surface area contributed by atoms with Gasteiger partial charge in [0.15, 0.2) is 0 Å². The second-order valence-corrected chi connectivity index (χ2v) is 5.67. The van der Waals surface area contributed by atoms with Gasteiger partial charge in [-0.25, -0.2) is 0 Å². The Morgan fingerprint density at radius 2 is 2.04 bits per heavy atom. The molecule has 2 aromatic heterocycles. The fourth-order valence-electron chi connectivity index (χ4n) is 2.48. The lowest BCUT2D eigenvalue weighted by atomic mass is 10.1. The fraction of sp³-hybridized carbons (Fsp3) is 0.176. The Labute approximate surface area is 139 Å². The number of hydrogen-bond donors (Lipinski definition) is 1. The zero-order valence-electron chi connectivity index (χ0n) is 12.7. The number of nitrogens with zero attached hydrogens (tertiary/aromatic N) is 3. The van der Waals surface area contributed by atoms with E-state index in [9.17, 15) is 4.79 Å². The summed E-state index contributed by atoms with van der Waals surface area (Å²) < 4.78 is 3.56. The Kier molecular flexibility index (Phi) is 4.48. The van der Waals surface area contributed by atoms with Crippen molar-refractivity contribution in [3.05, 3.63) is 71.1 Å². The lowest BCUT2D eigenvalue weighted by molar-refractivity contribution is 0.0954. The molecule has 0 aliphatic heterocycles. The van der Waals surface area contributed by atoms with Crippen LogP contribution in [0.3, 0.4) is 0 Å². The molecule has 0 saturated heterocycles. The normalized spacial score (nSPS) is 10.7. The average Bonchev–Trinajstić information content (AvgIpc) is 3.16. The zero-order chi connectivity index (χ0) is 16.2. The molecule has 0 saturated carbocycles. The highest BCUT2D eigenvalue weighted by atomic mass is 35.5. The Morgan fingerprint density at radius 3 is 2.78 bits per heavy atom. The van der Waals surface area contributed by atoms with Gasteiger partial charge < -0.3 is 9.88 Å². The van der Waals surface area contributed by atoms with Gasteiger partial charge in [0.2, 0.25) is 0 Å². The van der Waals surface area contributed by atoms with Crippen LogP contribution in [0.2, 0.25) is 5.02 Å². The largest absolute Gasteiger partial charge is 0.352 e. The smallest absolute Gasteiger partial charge is 0.256 e. The molecule has 118 valence electrons. The van der Waals surface area contributed by atoms with E-state index >= 15 is 0 Å². The van der Waals surface area contributed by atoms with Gasteiger partial charge in [-0.05, 0) is 36.2 Å². The predicted molar refractivity (Wildman–Crippen MR) is 90.0 cm³/mol. The van der Waals surface area contributed by atoms with E-state index in [0.29, 0.717) is 17.1 Å². The van der Waals surface area contributed by atoms with Gasteiger partial charge in [0.25, 0.3) is 5.91 Å². The number of aryl methyl sites for hydroxylation is 1. The molecule has 3 rings (SSSR count). The number of carbonyl (C=O) groups is 1. The molecule has 0 fully saturated rings. The molecule has 1 aromatic carbocycles. The summed E-state index contributed by atoms with van der Waals surface area (Å²) in [6.45, 7) is 0.541. The Morgan fingerprint density at radius 1 is 1.26 bits per heavy atom. The molecule has 0 aliphatic carbocycles. The van der Waals surface area contributed by atoms with Crippen LogP contribution in [-0.2, 0) is 13.5 Å². The summed E-state index contributed by atoms with van der Waals surface area (Å²) in [4.78, 5) is 12.4. The second-order valence-electron chi connectivity index (χ2n) is 5.23. The van der Waals surface area contributed by atoms with Crippen LogP contribution >= 0.6 is 11.6 Å². The molecule has 23 heavy (non-hydrogen) atoms. The standard InChI is InChI=1S/C17H17ClN4O/c1-21-17(22-9-2-3-10-22)15(12-20-21)16(23)19-8-7-13-5-4-6-14(18)11-13/h2-6,9-12H,7-8H2,1H3,(H,19,23). The summed E-state index contributed by atoms with van der Waals surface area (Å²) in [6.07, 6.45) is 6.09. The van der Waals surface area contributed by atoms with E-state index in [1.807, 2.05) is 60.4 Å². The lowest BCUT2D eigenvalue weighted by Crippen LogP contribution is -2.26. The molecule has 6 heteroatoms. The molecule has 0 radical (unpaired) electrons. The van der Waals surface area contributed by atoms with Crippen molar-refractivity contribution in [2.75, 3.05) is 6.54 Å². The van der Waals surface area contributed by atoms with Gasteiger partial charge in [-0.15, -0.1) is 0 Å². The van der Waals surface area contributed by atoms with Crippen LogP contribution in [0, 0.1) is 0 Å². The molecule has 0 spiro atoms. The molecule has 2 heterocycles. The number of halogens is 1. The Bertz CT molecular complexity index is 808.